The van der Waals surface area contributed by atoms with Gasteiger partial charge in [0.25, 0.3) is 5.91 Å². The number of para-hydroxylation sites is 1. The number of oxime groups is 1. The van der Waals surface area contributed by atoms with Crippen LogP contribution in [0.15, 0.2) is 194 Å². The molecule has 0 bridgehead atoms. The molecule has 13 rings (SSSR count). The number of thioether (sulfide) groups is 1. The third kappa shape index (κ3) is 15.2. The molecular formula is C81H70N4O14S. The minimum Gasteiger partial charge on any atom is -0.507 e. The Morgan fingerprint density at radius 1 is 0.630 bits per heavy atom. The predicted octanol–water partition coefficient (Wildman–Crippen LogP) is 17.5. The van der Waals surface area contributed by atoms with E-state index in [1.807, 2.05) is 162 Å². The maximum atomic E-state index is 13.2. The van der Waals surface area contributed by atoms with Gasteiger partial charge in [0, 0.05) is 29.7 Å². The summed E-state index contributed by atoms with van der Waals surface area (Å²) < 4.78 is 11.7. The molecule has 1 fully saturated rings. The number of phenolic OH excluding ortho intramolecular Hbond substituents is 3. The number of ketones is 3. The number of furan rings is 2. The van der Waals surface area contributed by atoms with Crippen LogP contribution in [0.5, 0.6) is 17.2 Å². The summed E-state index contributed by atoms with van der Waals surface area (Å²) in [6.07, 6.45) is 3.42. The maximum absolute atomic E-state index is 13.2. The number of imide groups is 1. The molecule has 100 heavy (non-hydrogen) atoms. The van der Waals surface area contributed by atoms with Gasteiger partial charge >= 0.3 is 11.9 Å². The molecule has 0 unspecified atom stereocenters. The van der Waals surface area contributed by atoms with Gasteiger partial charge < -0.3 is 34.1 Å². The third-order valence-electron chi connectivity index (χ3n) is 16.8. The van der Waals surface area contributed by atoms with Crippen molar-refractivity contribution in [1.82, 2.24) is 4.98 Å². The first kappa shape index (κ1) is 70.8. The second-order valence-electron chi connectivity index (χ2n) is 24.9. The Hall–Kier alpha value is -12.0. The van der Waals surface area contributed by atoms with Crippen LogP contribution in [0.2, 0.25) is 0 Å². The Bertz CT molecular complexity index is 5080. The summed E-state index contributed by atoms with van der Waals surface area (Å²) in [4.78, 5) is 96.6. The van der Waals surface area contributed by atoms with Crippen LogP contribution >= 0.6 is 11.8 Å². The van der Waals surface area contributed by atoms with Crippen LogP contribution in [-0.4, -0.2) is 72.2 Å². The van der Waals surface area contributed by atoms with Gasteiger partial charge in [-0.15, -0.1) is 11.8 Å². The van der Waals surface area contributed by atoms with Gasteiger partial charge in [-0.05, 0) is 145 Å². The number of nitriles is 1. The Balaban J connectivity index is 0.000000147. The second-order valence-corrected chi connectivity index (χ2v) is 25.9. The van der Waals surface area contributed by atoms with Gasteiger partial charge in [-0.25, -0.2) is 19.5 Å². The van der Waals surface area contributed by atoms with Crippen molar-refractivity contribution in [3.63, 3.8) is 0 Å². The number of aromatic hydroxyl groups is 3. The number of nitrogens with zero attached hydrogens (tertiary/aromatic N) is 4. The number of carbonyl (C=O) groups excluding carboxylic acids is 6. The highest BCUT2D eigenvalue weighted by Crippen LogP contribution is 2.50. The van der Waals surface area contributed by atoms with Crippen molar-refractivity contribution in [2.75, 3.05) is 4.90 Å². The Morgan fingerprint density at radius 3 is 1.78 bits per heavy atom. The van der Waals surface area contributed by atoms with Gasteiger partial charge in [0.15, 0.2) is 22.9 Å². The monoisotopic (exact) mass is 1350 g/mol. The van der Waals surface area contributed by atoms with E-state index in [0.29, 0.717) is 55.8 Å². The van der Waals surface area contributed by atoms with E-state index >= 15 is 0 Å². The summed E-state index contributed by atoms with van der Waals surface area (Å²) in [6, 6.07) is 52.9. The summed E-state index contributed by atoms with van der Waals surface area (Å²) in [7, 11) is 0. The van der Waals surface area contributed by atoms with E-state index < -0.39 is 29.5 Å². The molecule has 18 nitrogen and oxygen atoms in total. The molecule has 4 N–H and O–H groups in total. The number of rotatable bonds is 14. The second kappa shape index (κ2) is 30.6. The molecule has 504 valence electrons. The number of hydrogen-bond donors (Lipinski definition) is 4. The normalized spacial score (nSPS) is 13.7. The zero-order valence-corrected chi connectivity index (χ0v) is 57.1. The van der Waals surface area contributed by atoms with E-state index in [4.69, 9.17) is 19.2 Å². The molecule has 0 saturated carbocycles. The minimum atomic E-state index is -1.09. The molecule has 0 atom stereocenters. The summed E-state index contributed by atoms with van der Waals surface area (Å²) in [6.45, 7) is 16.3. The SMILES string of the molecule is CC1=NOC(=O)/C1=C\c1ccc(-c2ccccc2)o1.Cc1c(C)c(O)c2c(oc3c(C(=O)CC(C)C)c(O)c(C)c(O)c32)c1C(=O)CC(C)C.Cc1ccc(CSc2nc(C(=O)O)ccc2C#N)cc1.O=C1CC(=O)N(c2ccccc2)C(=O)/C1=C/c1c2ccccc2cc2ccccc12. The molecule has 11 aromatic rings. The van der Waals surface area contributed by atoms with Crippen LogP contribution in [0.3, 0.4) is 0 Å². The molecule has 2 amide bonds. The fourth-order valence-electron chi connectivity index (χ4n) is 11.5. The standard InChI is InChI=1S/C26H17NO3.C25H30O6.C15H12N2O2S.C15H11NO3/c28-24-16-25(29)27(19-10-2-1-3-11-19)26(30)23(24)15-22-20-12-6-4-8-17(20)14-18-9-5-7-13-21(18)22;1-10(2)8-15(26)17-12(5)13(6)21(28)19-20-23(30)14(7)22(29)18(16(27)9-11(3)4)25(20)31-24(17)19;1-10-2-4-11(5-3-10)9-20-14-12(8-16)6-7-13(17-14)15(18)19;1-10-13(15(17)19-16-10)9-12-7-8-14(18-12)11-5-3-2-4-6-11/h1-15H,16H2;10-11,28-30H,8-9H2,1-7H3;2-7H,9H2,1H3,(H,18,19);2-9H,1H3/b23-15+;;;13-9-. The number of amides is 2. The number of carboxylic acids is 1. The van der Waals surface area contributed by atoms with Crippen LogP contribution in [0.1, 0.15) is 130 Å². The first-order valence-corrected chi connectivity index (χ1v) is 33.1. The summed E-state index contributed by atoms with van der Waals surface area (Å²) >= 11 is 1.37. The highest BCUT2D eigenvalue weighted by atomic mass is 32.2. The lowest BCUT2D eigenvalue weighted by Gasteiger charge is -2.26. The number of Topliss-reactive ketones (excluding diaryl/α,β-unsaturated/α-hetero) is 3. The first-order chi connectivity index (χ1) is 47.8. The Morgan fingerprint density at radius 2 is 1.20 bits per heavy atom. The topological polar surface area (TPSA) is 288 Å². The summed E-state index contributed by atoms with van der Waals surface area (Å²) in [5, 5.41) is 58.8. The molecule has 5 heterocycles. The fourth-order valence-corrected chi connectivity index (χ4v) is 12.5. The number of phenols is 3. The number of fused-ring (bicyclic) bond motifs is 5. The predicted molar refractivity (Wildman–Crippen MR) is 386 cm³/mol. The molecule has 1 saturated heterocycles. The Labute approximate surface area is 580 Å². The number of carbonyl (C=O) groups is 7. The van der Waals surface area contributed by atoms with Gasteiger partial charge in [0.1, 0.15) is 56.7 Å². The van der Waals surface area contributed by atoms with Crippen molar-refractivity contribution in [3.05, 3.63) is 236 Å². The number of pyridine rings is 1. The van der Waals surface area contributed by atoms with Crippen LogP contribution in [0.25, 0.3) is 67.0 Å². The average molecular weight is 1360 g/mol. The van der Waals surface area contributed by atoms with E-state index in [9.17, 15) is 48.9 Å². The quantitative estimate of drug-likeness (QED) is 0.0115. The molecular weight excluding hydrogens is 1280 g/mol. The van der Waals surface area contributed by atoms with Crippen LogP contribution < -0.4 is 4.90 Å². The van der Waals surface area contributed by atoms with Crippen LogP contribution in [-0.2, 0) is 29.8 Å². The lowest BCUT2D eigenvalue weighted by atomic mass is 9.90. The van der Waals surface area contributed by atoms with E-state index in [-0.39, 0.29) is 104 Å². The minimum absolute atomic E-state index is 0.0138. The van der Waals surface area contributed by atoms with Crippen molar-refractivity contribution in [2.24, 2.45) is 17.0 Å². The average Bonchev–Trinajstić information content (AvgIpc) is 1.55. The molecule has 0 spiro atoms. The number of benzene rings is 8. The molecule has 0 radical (unpaired) electrons. The maximum Gasteiger partial charge on any atom is 0.367 e. The third-order valence-corrected chi connectivity index (χ3v) is 17.8. The molecule has 2 aliphatic rings. The highest BCUT2D eigenvalue weighted by Gasteiger charge is 2.37. The van der Waals surface area contributed by atoms with E-state index in [2.05, 4.69) is 21.0 Å². The highest BCUT2D eigenvalue weighted by molar-refractivity contribution is 7.98. The molecule has 19 heteroatoms. The number of piperidine rings is 1. The molecule has 0 aliphatic carbocycles. The first-order valence-electron chi connectivity index (χ1n) is 32.1. The van der Waals surface area contributed by atoms with E-state index in [1.54, 1.807) is 57.2 Å². The Kier molecular flexibility index (Phi) is 21.7. The zero-order chi connectivity index (χ0) is 71.8. The molecule has 3 aromatic heterocycles. The van der Waals surface area contributed by atoms with Gasteiger partial charge in [0.2, 0.25) is 5.91 Å². The van der Waals surface area contributed by atoms with E-state index in [0.717, 1.165) is 48.9 Å². The zero-order valence-electron chi connectivity index (χ0n) is 56.3. The smallest absolute Gasteiger partial charge is 0.367 e. The van der Waals surface area contributed by atoms with Crippen LogP contribution in [0, 0.1) is 50.9 Å². The number of carboxylic acid groups (broad SMARTS) is 1. The number of hydrogen-bond acceptors (Lipinski definition) is 17. The number of aromatic nitrogens is 1. The van der Waals surface area contributed by atoms with Gasteiger partial charge in [-0.2, -0.15) is 5.26 Å². The van der Waals surface area contributed by atoms with Gasteiger partial charge in [-0.1, -0.05) is 160 Å². The number of aromatic carboxylic acids is 1. The van der Waals surface area contributed by atoms with E-state index in [1.165, 1.54) is 36.4 Å². The van der Waals surface area contributed by atoms with Gasteiger partial charge in [0.05, 0.1) is 50.9 Å². The summed E-state index contributed by atoms with van der Waals surface area (Å²) in [5.41, 5.74) is 7.53. The molecule has 2 aliphatic heterocycles. The summed E-state index contributed by atoms with van der Waals surface area (Å²) in [5.74, 6) is -2.14. The van der Waals surface area contributed by atoms with Crippen molar-refractivity contribution >= 4 is 120 Å². The van der Waals surface area contributed by atoms with Crippen molar-refractivity contribution in [2.45, 2.75) is 92.4 Å². The number of aryl methyl sites for hydroxylation is 1. The van der Waals surface area contributed by atoms with Crippen molar-refractivity contribution in [1.29, 1.82) is 5.26 Å². The van der Waals surface area contributed by atoms with Crippen molar-refractivity contribution < 1.29 is 67.7 Å². The van der Waals surface area contributed by atoms with Crippen molar-refractivity contribution in [3.8, 4) is 34.6 Å². The largest absolute Gasteiger partial charge is 0.507 e. The molecule has 8 aromatic carbocycles. The fraction of sp³-hybridized carbons (Fsp3) is 0.185. The van der Waals surface area contributed by atoms with Crippen LogP contribution in [0.4, 0.5) is 5.69 Å². The number of anilines is 1. The van der Waals surface area contributed by atoms with Gasteiger partial charge in [-0.3, -0.25) is 24.0 Å². The lowest BCUT2D eigenvalue weighted by Crippen LogP contribution is -2.45. The lowest BCUT2D eigenvalue weighted by molar-refractivity contribution is -0.137.